The maximum atomic E-state index is 5.51. The van der Waals surface area contributed by atoms with E-state index in [2.05, 4.69) is 24.0 Å². The van der Waals surface area contributed by atoms with Crippen LogP contribution in [-0.4, -0.2) is 16.7 Å². The highest BCUT2D eigenvalue weighted by Crippen LogP contribution is 2.26. The molecule has 0 saturated heterocycles. The SMILES string of the molecule is CC1N=C(c2ccccc2)SC(C)O1. The summed E-state index contributed by atoms with van der Waals surface area (Å²) in [5.41, 5.74) is 1.37. The molecule has 0 fully saturated rings. The van der Waals surface area contributed by atoms with Crippen LogP contribution in [0.3, 0.4) is 0 Å². The minimum Gasteiger partial charge on any atom is -0.343 e. The molecule has 1 aliphatic heterocycles. The lowest BCUT2D eigenvalue weighted by Gasteiger charge is -2.23. The fourth-order valence-electron chi connectivity index (χ4n) is 1.41. The van der Waals surface area contributed by atoms with Gasteiger partial charge in [0, 0.05) is 5.56 Å². The Kier molecular flexibility index (Phi) is 2.89. The third-order valence-electron chi connectivity index (χ3n) is 1.99. The number of rotatable bonds is 1. The molecule has 74 valence electrons. The van der Waals surface area contributed by atoms with Gasteiger partial charge in [-0.15, -0.1) is 0 Å². The Bertz CT molecular complexity index is 336. The molecule has 2 rings (SSSR count). The molecule has 2 nitrogen and oxygen atoms in total. The summed E-state index contributed by atoms with van der Waals surface area (Å²) in [4.78, 5) is 4.46. The van der Waals surface area contributed by atoms with Crippen LogP contribution in [-0.2, 0) is 4.74 Å². The predicted molar refractivity (Wildman–Crippen MR) is 60.6 cm³/mol. The molecule has 1 heterocycles. The van der Waals surface area contributed by atoms with Crippen molar-refractivity contribution in [3.05, 3.63) is 35.9 Å². The Labute approximate surface area is 88.4 Å². The average Bonchev–Trinajstić information content (AvgIpc) is 2.18. The van der Waals surface area contributed by atoms with E-state index in [1.54, 1.807) is 11.8 Å². The zero-order chi connectivity index (χ0) is 9.97. The second-order valence-electron chi connectivity index (χ2n) is 3.22. The lowest BCUT2D eigenvalue weighted by Crippen LogP contribution is -2.21. The summed E-state index contributed by atoms with van der Waals surface area (Å²) in [7, 11) is 0. The van der Waals surface area contributed by atoms with Gasteiger partial charge in [0.15, 0.2) is 0 Å². The molecule has 0 aliphatic carbocycles. The molecule has 1 aromatic rings. The zero-order valence-electron chi connectivity index (χ0n) is 8.31. The van der Waals surface area contributed by atoms with E-state index in [1.165, 1.54) is 5.56 Å². The molecule has 0 spiro atoms. The summed E-state index contributed by atoms with van der Waals surface area (Å²) < 4.78 is 5.51. The first kappa shape index (κ1) is 9.74. The van der Waals surface area contributed by atoms with Crippen LogP contribution in [0.15, 0.2) is 35.3 Å². The van der Waals surface area contributed by atoms with Crippen molar-refractivity contribution in [2.75, 3.05) is 0 Å². The van der Waals surface area contributed by atoms with E-state index in [0.29, 0.717) is 0 Å². The van der Waals surface area contributed by atoms with Crippen LogP contribution in [0.1, 0.15) is 19.4 Å². The monoisotopic (exact) mass is 207 g/mol. The van der Waals surface area contributed by atoms with Gasteiger partial charge in [-0.1, -0.05) is 42.1 Å². The fraction of sp³-hybridized carbons (Fsp3) is 0.364. The Hall–Kier alpha value is -0.800. The van der Waals surface area contributed by atoms with Crippen LogP contribution >= 0.6 is 11.8 Å². The van der Waals surface area contributed by atoms with Crippen molar-refractivity contribution in [1.82, 2.24) is 0 Å². The summed E-state index contributed by atoms with van der Waals surface area (Å²) in [6.07, 6.45) is -0.0264. The molecule has 1 aromatic carbocycles. The first-order valence-corrected chi connectivity index (χ1v) is 5.59. The normalized spacial score (nSPS) is 27.1. The summed E-state index contributed by atoms with van der Waals surface area (Å²) in [6.45, 7) is 4.03. The maximum absolute atomic E-state index is 5.51. The van der Waals surface area contributed by atoms with Gasteiger partial charge in [-0.2, -0.15) is 0 Å². The van der Waals surface area contributed by atoms with Crippen molar-refractivity contribution in [1.29, 1.82) is 0 Å². The smallest absolute Gasteiger partial charge is 0.148 e. The van der Waals surface area contributed by atoms with Crippen LogP contribution in [0.5, 0.6) is 0 Å². The molecular formula is C11H13NOS. The first-order chi connectivity index (χ1) is 6.75. The van der Waals surface area contributed by atoms with Crippen molar-refractivity contribution in [3.63, 3.8) is 0 Å². The van der Waals surface area contributed by atoms with Gasteiger partial charge < -0.3 is 4.74 Å². The van der Waals surface area contributed by atoms with E-state index in [-0.39, 0.29) is 11.7 Å². The third-order valence-corrected chi connectivity index (χ3v) is 2.99. The van der Waals surface area contributed by atoms with Gasteiger partial charge >= 0.3 is 0 Å². The Balaban J connectivity index is 2.26. The lowest BCUT2D eigenvalue weighted by atomic mass is 10.2. The second kappa shape index (κ2) is 4.15. The van der Waals surface area contributed by atoms with E-state index in [4.69, 9.17) is 4.74 Å². The average molecular weight is 207 g/mol. The number of nitrogens with zero attached hydrogens (tertiary/aromatic N) is 1. The molecule has 3 heteroatoms. The number of benzene rings is 1. The molecule has 0 N–H and O–H groups in total. The van der Waals surface area contributed by atoms with E-state index in [9.17, 15) is 0 Å². The van der Waals surface area contributed by atoms with Gasteiger partial charge in [0.05, 0.1) is 0 Å². The largest absolute Gasteiger partial charge is 0.343 e. The zero-order valence-corrected chi connectivity index (χ0v) is 9.12. The second-order valence-corrected chi connectivity index (χ2v) is 4.51. The van der Waals surface area contributed by atoms with Crippen LogP contribution in [0.25, 0.3) is 0 Å². The lowest BCUT2D eigenvalue weighted by molar-refractivity contribution is 0.0607. The predicted octanol–water partition coefficient (Wildman–Crippen LogP) is 2.89. The molecule has 0 amide bonds. The highest BCUT2D eigenvalue weighted by atomic mass is 32.2. The third kappa shape index (κ3) is 2.16. The Morgan fingerprint density at radius 2 is 1.93 bits per heavy atom. The van der Waals surface area contributed by atoms with Crippen LogP contribution < -0.4 is 0 Å². The number of hydrogen-bond donors (Lipinski definition) is 0. The van der Waals surface area contributed by atoms with Crippen molar-refractivity contribution in [2.24, 2.45) is 4.99 Å². The Morgan fingerprint density at radius 3 is 2.57 bits per heavy atom. The van der Waals surface area contributed by atoms with Gasteiger partial charge in [0.2, 0.25) is 0 Å². The number of ether oxygens (including phenoxy) is 1. The minimum absolute atomic E-state index is 0.0264. The van der Waals surface area contributed by atoms with Gasteiger partial charge in [0.25, 0.3) is 0 Å². The van der Waals surface area contributed by atoms with Crippen molar-refractivity contribution >= 4 is 16.8 Å². The summed E-state index contributed by atoms with van der Waals surface area (Å²) >= 11 is 1.67. The van der Waals surface area contributed by atoms with Crippen LogP contribution in [0, 0.1) is 0 Å². The van der Waals surface area contributed by atoms with E-state index >= 15 is 0 Å². The Morgan fingerprint density at radius 1 is 1.21 bits per heavy atom. The topological polar surface area (TPSA) is 21.6 Å². The van der Waals surface area contributed by atoms with Crippen molar-refractivity contribution in [2.45, 2.75) is 25.5 Å². The standard InChI is InChI=1S/C11H13NOS/c1-8-12-11(14-9(2)13-8)10-6-4-3-5-7-10/h3-9H,1-2H3. The van der Waals surface area contributed by atoms with E-state index < -0.39 is 0 Å². The van der Waals surface area contributed by atoms with Gasteiger partial charge in [-0.3, -0.25) is 0 Å². The van der Waals surface area contributed by atoms with Gasteiger partial charge in [-0.05, 0) is 13.8 Å². The molecule has 0 radical (unpaired) electrons. The molecular weight excluding hydrogens is 194 g/mol. The number of thioether (sulfide) groups is 1. The first-order valence-electron chi connectivity index (χ1n) is 4.71. The summed E-state index contributed by atoms with van der Waals surface area (Å²) in [5, 5.41) is 1.08. The number of hydrogen-bond acceptors (Lipinski definition) is 3. The van der Waals surface area contributed by atoms with Crippen molar-refractivity contribution in [3.8, 4) is 0 Å². The number of aliphatic imine (C=N–C) groups is 1. The van der Waals surface area contributed by atoms with Crippen LogP contribution in [0.4, 0.5) is 0 Å². The fourth-order valence-corrected chi connectivity index (χ4v) is 2.42. The summed E-state index contributed by atoms with van der Waals surface area (Å²) in [5.74, 6) is 0. The molecule has 1 aliphatic rings. The van der Waals surface area contributed by atoms with Crippen molar-refractivity contribution < 1.29 is 4.74 Å². The molecule has 2 atom stereocenters. The molecule has 14 heavy (non-hydrogen) atoms. The highest BCUT2D eigenvalue weighted by Gasteiger charge is 2.19. The quantitative estimate of drug-likeness (QED) is 0.706. The maximum Gasteiger partial charge on any atom is 0.148 e. The highest BCUT2D eigenvalue weighted by molar-refractivity contribution is 8.14. The molecule has 0 aromatic heterocycles. The molecule has 2 unspecified atom stereocenters. The minimum atomic E-state index is -0.0264. The molecule has 0 saturated carbocycles. The van der Waals surface area contributed by atoms with E-state index in [0.717, 1.165) is 5.04 Å². The molecule has 0 bridgehead atoms. The van der Waals surface area contributed by atoms with Gasteiger partial charge in [0.1, 0.15) is 16.7 Å². The van der Waals surface area contributed by atoms with E-state index in [1.807, 2.05) is 25.1 Å². The summed E-state index contributed by atoms with van der Waals surface area (Å²) in [6, 6.07) is 10.2. The van der Waals surface area contributed by atoms with Crippen LogP contribution in [0.2, 0.25) is 0 Å². The van der Waals surface area contributed by atoms with Gasteiger partial charge in [-0.25, -0.2) is 4.99 Å².